The maximum absolute atomic E-state index is 13.9. The van der Waals surface area contributed by atoms with E-state index in [9.17, 15) is 9.50 Å². The molecule has 0 saturated heterocycles. The maximum atomic E-state index is 13.9. The highest BCUT2D eigenvalue weighted by molar-refractivity contribution is 7.10. The zero-order valence-electron chi connectivity index (χ0n) is 11.3. The number of aliphatic hydroxyl groups is 1. The van der Waals surface area contributed by atoms with Gasteiger partial charge in [0.25, 0.3) is 0 Å². The van der Waals surface area contributed by atoms with Crippen molar-refractivity contribution in [2.24, 2.45) is 0 Å². The summed E-state index contributed by atoms with van der Waals surface area (Å²) in [5.74, 6) is -0.363. The third-order valence-corrected chi connectivity index (χ3v) is 4.41. The van der Waals surface area contributed by atoms with Crippen LogP contribution in [0.3, 0.4) is 0 Å². The molecule has 4 heteroatoms. The molecule has 1 N–H and O–H groups in total. The number of benzene rings is 1. The van der Waals surface area contributed by atoms with E-state index in [4.69, 9.17) is 0 Å². The lowest BCUT2D eigenvalue weighted by atomic mass is 10.1. The van der Waals surface area contributed by atoms with Crippen LogP contribution < -0.4 is 4.90 Å². The van der Waals surface area contributed by atoms with Crippen LogP contribution in [0.4, 0.5) is 10.1 Å². The summed E-state index contributed by atoms with van der Waals surface area (Å²) in [6, 6.07) is 9.11. The zero-order valence-corrected chi connectivity index (χ0v) is 12.1. The molecule has 0 aliphatic heterocycles. The van der Waals surface area contributed by atoms with Crippen LogP contribution in [0, 0.1) is 5.82 Å². The molecule has 1 aromatic heterocycles. The Balaban J connectivity index is 2.39. The molecule has 2 aromatic rings. The molecule has 1 aromatic carbocycles. The van der Waals surface area contributed by atoms with Crippen LogP contribution in [-0.2, 0) is 0 Å². The second-order valence-electron chi connectivity index (χ2n) is 4.65. The fraction of sp³-hybridized carbons (Fsp3) is 0.333. The Morgan fingerprint density at radius 1 is 1.21 bits per heavy atom. The van der Waals surface area contributed by atoms with Crippen LogP contribution in [0.5, 0.6) is 0 Å². The topological polar surface area (TPSA) is 23.5 Å². The normalized spacial score (nSPS) is 14.2. The van der Waals surface area contributed by atoms with Gasteiger partial charge >= 0.3 is 0 Å². The zero-order chi connectivity index (χ0) is 14.0. The van der Waals surface area contributed by atoms with E-state index < -0.39 is 6.10 Å². The second kappa shape index (κ2) is 5.72. The van der Waals surface area contributed by atoms with Crippen molar-refractivity contribution < 1.29 is 9.50 Å². The molecule has 2 atom stereocenters. The monoisotopic (exact) mass is 279 g/mol. The van der Waals surface area contributed by atoms with Crippen LogP contribution in [0.2, 0.25) is 0 Å². The van der Waals surface area contributed by atoms with E-state index in [0.717, 1.165) is 5.69 Å². The van der Waals surface area contributed by atoms with Crippen molar-refractivity contribution in [1.82, 2.24) is 0 Å². The summed E-state index contributed by atoms with van der Waals surface area (Å²) in [6.07, 6.45) is -0.825. The highest BCUT2D eigenvalue weighted by Gasteiger charge is 2.20. The molecule has 2 nitrogen and oxygen atoms in total. The van der Waals surface area contributed by atoms with Gasteiger partial charge in [-0.15, -0.1) is 11.3 Å². The smallest absolute Gasteiger partial charge is 0.131 e. The van der Waals surface area contributed by atoms with Crippen molar-refractivity contribution in [2.45, 2.75) is 26.0 Å². The molecule has 0 bridgehead atoms. The molecule has 0 radical (unpaired) electrons. The minimum atomic E-state index is -0.825. The molecule has 0 saturated carbocycles. The lowest BCUT2D eigenvalue weighted by molar-refractivity contribution is 0.194. The Hall–Kier alpha value is -1.39. The average Bonchev–Trinajstić information content (AvgIpc) is 2.90. The van der Waals surface area contributed by atoms with E-state index in [-0.39, 0.29) is 11.9 Å². The molecule has 0 aliphatic carbocycles. The van der Waals surface area contributed by atoms with Gasteiger partial charge in [0, 0.05) is 23.2 Å². The summed E-state index contributed by atoms with van der Waals surface area (Å²) in [5.41, 5.74) is 1.09. The van der Waals surface area contributed by atoms with Crippen LogP contribution in [-0.4, -0.2) is 12.2 Å². The van der Waals surface area contributed by atoms with Gasteiger partial charge in [-0.05, 0) is 37.4 Å². The Morgan fingerprint density at radius 3 is 2.53 bits per heavy atom. The third kappa shape index (κ3) is 2.80. The first kappa shape index (κ1) is 14.0. The van der Waals surface area contributed by atoms with Gasteiger partial charge < -0.3 is 10.0 Å². The van der Waals surface area contributed by atoms with E-state index in [1.807, 2.05) is 29.5 Å². The van der Waals surface area contributed by atoms with E-state index in [1.165, 1.54) is 10.9 Å². The van der Waals surface area contributed by atoms with Gasteiger partial charge in [0.2, 0.25) is 0 Å². The number of anilines is 1. The SMILES string of the molecule is CC(c1cccs1)N(C)c1cccc(F)c1[C@@H](C)O. The lowest BCUT2D eigenvalue weighted by Crippen LogP contribution is -2.23. The van der Waals surface area contributed by atoms with Crippen LogP contribution in [0.1, 0.15) is 36.4 Å². The molecular weight excluding hydrogens is 261 g/mol. The number of aliphatic hydroxyl groups excluding tert-OH is 1. The summed E-state index contributed by atoms with van der Waals surface area (Å²) in [4.78, 5) is 3.21. The van der Waals surface area contributed by atoms with E-state index >= 15 is 0 Å². The minimum Gasteiger partial charge on any atom is -0.389 e. The van der Waals surface area contributed by atoms with Gasteiger partial charge in [-0.3, -0.25) is 0 Å². The van der Waals surface area contributed by atoms with Crippen molar-refractivity contribution in [3.8, 4) is 0 Å². The molecule has 1 unspecified atom stereocenters. The fourth-order valence-corrected chi connectivity index (χ4v) is 3.00. The Morgan fingerprint density at radius 2 is 1.95 bits per heavy atom. The summed E-state index contributed by atoms with van der Waals surface area (Å²) in [5, 5.41) is 11.8. The van der Waals surface area contributed by atoms with Gasteiger partial charge in [0.05, 0.1) is 12.1 Å². The minimum absolute atomic E-state index is 0.138. The molecule has 2 rings (SSSR count). The van der Waals surface area contributed by atoms with Crippen molar-refractivity contribution in [1.29, 1.82) is 0 Å². The van der Waals surface area contributed by atoms with Gasteiger partial charge in [-0.2, -0.15) is 0 Å². The number of hydrogen-bond donors (Lipinski definition) is 1. The van der Waals surface area contributed by atoms with Crippen molar-refractivity contribution >= 4 is 17.0 Å². The Labute approximate surface area is 117 Å². The van der Waals surface area contributed by atoms with E-state index in [0.29, 0.717) is 5.56 Å². The Bertz CT molecular complexity index is 539. The van der Waals surface area contributed by atoms with Crippen molar-refractivity contribution in [2.75, 3.05) is 11.9 Å². The highest BCUT2D eigenvalue weighted by Crippen LogP contribution is 2.34. The number of rotatable bonds is 4. The van der Waals surface area contributed by atoms with E-state index in [1.54, 1.807) is 24.3 Å². The van der Waals surface area contributed by atoms with Crippen LogP contribution in [0.15, 0.2) is 35.7 Å². The predicted octanol–water partition coefficient (Wildman–Crippen LogP) is 4.14. The maximum Gasteiger partial charge on any atom is 0.131 e. The highest BCUT2D eigenvalue weighted by atomic mass is 32.1. The molecule has 1 heterocycles. The van der Waals surface area contributed by atoms with Crippen LogP contribution >= 0.6 is 11.3 Å². The average molecular weight is 279 g/mol. The largest absolute Gasteiger partial charge is 0.389 e. The summed E-state index contributed by atoms with van der Waals surface area (Å²) in [6.45, 7) is 3.66. The number of thiophene rings is 1. The summed E-state index contributed by atoms with van der Waals surface area (Å²) in [7, 11) is 1.92. The van der Waals surface area contributed by atoms with Crippen molar-refractivity contribution in [3.63, 3.8) is 0 Å². The fourth-order valence-electron chi connectivity index (χ4n) is 2.18. The number of nitrogens with zero attached hydrogens (tertiary/aromatic N) is 1. The molecule has 19 heavy (non-hydrogen) atoms. The molecular formula is C15H18FNOS. The second-order valence-corrected chi connectivity index (χ2v) is 5.63. The van der Waals surface area contributed by atoms with Gasteiger partial charge in [0.15, 0.2) is 0 Å². The molecule has 102 valence electrons. The van der Waals surface area contributed by atoms with Gasteiger partial charge in [-0.25, -0.2) is 4.39 Å². The molecule has 0 spiro atoms. The predicted molar refractivity (Wildman–Crippen MR) is 78.2 cm³/mol. The van der Waals surface area contributed by atoms with Crippen molar-refractivity contribution in [3.05, 3.63) is 52.0 Å². The quantitative estimate of drug-likeness (QED) is 0.909. The molecule has 0 fully saturated rings. The first-order valence-corrected chi connectivity index (χ1v) is 7.13. The number of halogens is 1. The van der Waals surface area contributed by atoms with Gasteiger partial charge in [0.1, 0.15) is 5.82 Å². The van der Waals surface area contributed by atoms with Gasteiger partial charge in [-0.1, -0.05) is 12.1 Å². The lowest BCUT2D eigenvalue weighted by Gasteiger charge is -2.29. The Kier molecular flexibility index (Phi) is 4.22. The van der Waals surface area contributed by atoms with E-state index in [2.05, 4.69) is 13.0 Å². The van der Waals surface area contributed by atoms with Crippen LogP contribution in [0.25, 0.3) is 0 Å². The molecule has 0 aliphatic rings. The first-order chi connectivity index (χ1) is 9.02. The first-order valence-electron chi connectivity index (χ1n) is 6.25. The third-order valence-electron chi connectivity index (χ3n) is 3.36. The number of hydrogen-bond acceptors (Lipinski definition) is 3. The summed E-state index contributed by atoms with van der Waals surface area (Å²) < 4.78 is 13.9. The molecule has 0 amide bonds. The standard InChI is InChI=1S/C15H18FNOS/c1-10(14-8-5-9-19-14)17(3)13-7-4-6-12(16)15(13)11(2)18/h4-11,18H,1-3H3/t10?,11-/m1/s1. The summed E-state index contributed by atoms with van der Waals surface area (Å²) >= 11 is 1.67.